The maximum atomic E-state index is 10.7. The van der Waals surface area contributed by atoms with Gasteiger partial charge in [-0.3, -0.25) is 4.79 Å². The monoisotopic (exact) mass is 230 g/mol. The molecule has 2 aromatic rings. The van der Waals surface area contributed by atoms with Crippen LogP contribution in [0.15, 0.2) is 36.7 Å². The zero-order valence-electron chi connectivity index (χ0n) is 9.67. The van der Waals surface area contributed by atoms with Gasteiger partial charge < -0.3 is 9.30 Å². The molecular formula is C13H14N2O2. The number of imidazole rings is 1. The fraction of sp³-hybridized carbons (Fsp3) is 0.231. The minimum absolute atomic E-state index is 0.471. The highest BCUT2D eigenvalue weighted by atomic mass is 16.5. The lowest BCUT2D eigenvalue weighted by Crippen LogP contribution is -2.04. The van der Waals surface area contributed by atoms with Crippen LogP contribution in [0.25, 0.3) is 0 Å². The topological polar surface area (TPSA) is 44.1 Å². The molecule has 0 fully saturated rings. The average molecular weight is 230 g/mol. The average Bonchev–Trinajstić information content (AvgIpc) is 2.84. The summed E-state index contributed by atoms with van der Waals surface area (Å²) in [6, 6.07) is 7.92. The van der Waals surface area contributed by atoms with E-state index in [1.54, 1.807) is 13.3 Å². The van der Waals surface area contributed by atoms with Crippen molar-refractivity contribution >= 4 is 6.29 Å². The zero-order chi connectivity index (χ0) is 12.1. The molecule has 4 heteroatoms. The van der Waals surface area contributed by atoms with E-state index in [1.807, 2.05) is 35.0 Å². The number of hydrogen-bond donors (Lipinski definition) is 0. The van der Waals surface area contributed by atoms with E-state index in [9.17, 15) is 4.79 Å². The zero-order valence-corrected chi connectivity index (χ0v) is 9.67. The number of benzene rings is 1. The SMILES string of the molecule is COc1ccc(CCn2ccnc2C=O)cc1. The second kappa shape index (κ2) is 5.30. The van der Waals surface area contributed by atoms with E-state index in [-0.39, 0.29) is 0 Å². The molecule has 4 nitrogen and oxygen atoms in total. The molecule has 0 aliphatic rings. The lowest BCUT2D eigenvalue weighted by atomic mass is 10.1. The highest BCUT2D eigenvalue weighted by Crippen LogP contribution is 2.12. The van der Waals surface area contributed by atoms with Crippen molar-refractivity contribution in [3.8, 4) is 5.75 Å². The van der Waals surface area contributed by atoms with Gasteiger partial charge in [-0.2, -0.15) is 0 Å². The van der Waals surface area contributed by atoms with E-state index in [2.05, 4.69) is 4.98 Å². The number of aldehydes is 1. The van der Waals surface area contributed by atoms with Crippen molar-refractivity contribution in [2.24, 2.45) is 0 Å². The Labute approximate surface area is 99.9 Å². The Morgan fingerprint density at radius 2 is 2.12 bits per heavy atom. The first-order valence-electron chi connectivity index (χ1n) is 5.42. The maximum absolute atomic E-state index is 10.7. The summed E-state index contributed by atoms with van der Waals surface area (Å²) in [7, 11) is 1.65. The van der Waals surface area contributed by atoms with Crippen molar-refractivity contribution in [3.05, 3.63) is 48.0 Å². The van der Waals surface area contributed by atoms with E-state index in [0.717, 1.165) is 25.0 Å². The summed E-state index contributed by atoms with van der Waals surface area (Å²) in [6.45, 7) is 0.750. The summed E-state index contributed by atoms with van der Waals surface area (Å²) in [5.74, 6) is 1.32. The predicted octanol–water partition coefficient (Wildman–Crippen LogP) is 1.95. The molecule has 0 atom stereocenters. The Balaban J connectivity index is 1.99. The molecule has 0 saturated heterocycles. The van der Waals surface area contributed by atoms with Gasteiger partial charge in [0.1, 0.15) is 5.75 Å². The lowest BCUT2D eigenvalue weighted by Gasteiger charge is -2.05. The van der Waals surface area contributed by atoms with Gasteiger partial charge in [-0.05, 0) is 24.1 Å². The quantitative estimate of drug-likeness (QED) is 0.737. The number of aryl methyl sites for hydroxylation is 2. The van der Waals surface area contributed by atoms with E-state index in [0.29, 0.717) is 5.82 Å². The van der Waals surface area contributed by atoms with Crippen LogP contribution in [0.5, 0.6) is 5.75 Å². The van der Waals surface area contributed by atoms with Crippen LogP contribution >= 0.6 is 0 Å². The number of rotatable bonds is 5. The molecule has 0 bridgehead atoms. The molecule has 2 rings (SSSR count). The minimum Gasteiger partial charge on any atom is -0.497 e. The summed E-state index contributed by atoms with van der Waals surface area (Å²) >= 11 is 0. The largest absolute Gasteiger partial charge is 0.497 e. The second-order valence-electron chi connectivity index (χ2n) is 3.69. The van der Waals surface area contributed by atoms with Crippen LogP contribution < -0.4 is 4.74 Å². The van der Waals surface area contributed by atoms with Crippen LogP contribution in [0.3, 0.4) is 0 Å². The van der Waals surface area contributed by atoms with E-state index >= 15 is 0 Å². The van der Waals surface area contributed by atoms with Crippen molar-refractivity contribution in [2.75, 3.05) is 7.11 Å². The molecule has 1 heterocycles. The van der Waals surface area contributed by atoms with Crippen molar-refractivity contribution < 1.29 is 9.53 Å². The van der Waals surface area contributed by atoms with Crippen molar-refractivity contribution in [2.45, 2.75) is 13.0 Å². The summed E-state index contributed by atoms with van der Waals surface area (Å²) in [5, 5.41) is 0. The molecule has 0 unspecified atom stereocenters. The molecule has 0 saturated carbocycles. The molecule has 1 aromatic carbocycles. The summed E-state index contributed by atoms with van der Waals surface area (Å²) in [4.78, 5) is 14.6. The van der Waals surface area contributed by atoms with Crippen LogP contribution in [0, 0.1) is 0 Å². The van der Waals surface area contributed by atoms with Gasteiger partial charge in [-0.1, -0.05) is 12.1 Å². The van der Waals surface area contributed by atoms with Gasteiger partial charge in [0.2, 0.25) is 0 Å². The number of ether oxygens (including phenoxy) is 1. The third kappa shape index (κ3) is 2.72. The molecule has 17 heavy (non-hydrogen) atoms. The number of nitrogens with zero attached hydrogens (tertiary/aromatic N) is 2. The Morgan fingerprint density at radius 3 is 2.76 bits per heavy atom. The normalized spacial score (nSPS) is 10.2. The molecular weight excluding hydrogens is 216 g/mol. The summed E-state index contributed by atoms with van der Waals surface area (Å²) in [6.07, 6.45) is 5.08. The Hall–Kier alpha value is -2.10. The number of hydrogen-bond acceptors (Lipinski definition) is 3. The van der Waals surface area contributed by atoms with Gasteiger partial charge >= 0.3 is 0 Å². The molecule has 0 spiro atoms. The third-order valence-electron chi connectivity index (χ3n) is 2.65. The third-order valence-corrected chi connectivity index (χ3v) is 2.65. The van der Waals surface area contributed by atoms with Crippen LogP contribution in [0.4, 0.5) is 0 Å². The number of methoxy groups -OCH3 is 1. The molecule has 1 aromatic heterocycles. The van der Waals surface area contributed by atoms with Crippen molar-refractivity contribution in [3.63, 3.8) is 0 Å². The van der Waals surface area contributed by atoms with Gasteiger partial charge in [0, 0.05) is 18.9 Å². The Kier molecular flexibility index (Phi) is 3.55. The van der Waals surface area contributed by atoms with Crippen molar-refractivity contribution in [1.82, 2.24) is 9.55 Å². The number of carbonyl (C=O) groups is 1. The summed E-state index contributed by atoms with van der Waals surface area (Å²) in [5.41, 5.74) is 1.20. The molecule has 0 aliphatic heterocycles. The fourth-order valence-electron chi connectivity index (χ4n) is 1.67. The van der Waals surface area contributed by atoms with Crippen LogP contribution in [0.2, 0.25) is 0 Å². The molecule has 0 N–H and O–H groups in total. The Bertz CT molecular complexity index is 488. The smallest absolute Gasteiger partial charge is 0.185 e. The molecule has 0 radical (unpaired) electrons. The van der Waals surface area contributed by atoms with E-state index in [1.165, 1.54) is 5.56 Å². The van der Waals surface area contributed by atoms with Crippen LogP contribution in [0.1, 0.15) is 16.2 Å². The second-order valence-corrected chi connectivity index (χ2v) is 3.69. The highest BCUT2D eigenvalue weighted by Gasteiger charge is 2.01. The predicted molar refractivity (Wildman–Crippen MR) is 64.3 cm³/mol. The first kappa shape index (κ1) is 11.4. The van der Waals surface area contributed by atoms with Gasteiger partial charge in [0.05, 0.1) is 7.11 Å². The number of carbonyl (C=O) groups excluding carboxylic acids is 1. The standard InChI is InChI=1S/C13H14N2O2/c1-17-12-4-2-11(3-5-12)6-8-15-9-7-14-13(15)10-16/h2-5,7,9-10H,6,8H2,1H3. The molecule has 0 amide bonds. The number of aromatic nitrogens is 2. The van der Waals surface area contributed by atoms with E-state index < -0.39 is 0 Å². The Morgan fingerprint density at radius 1 is 1.35 bits per heavy atom. The highest BCUT2D eigenvalue weighted by molar-refractivity contribution is 5.69. The fourth-order valence-corrected chi connectivity index (χ4v) is 1.67. The molecule has 88 valence electrons. The molecule has 0 aliphatic carbocycles. The van der Waals surface area contributed by atoms with Gasteiger partial charge in [0.15, 0.2) is 12.1 Å². The summed E-state index contributed by atoms with van der Waals surface area (Å²) < 4.78 is 6.94. The first-order chi connectivity index (χ1) is 8.33. The van der Waals surface area contributed by atoms with E-state index in [4.69, 9.17) is 4.74 Å². The lowest BCUT2D eigenvalue weighted by molar-refractivity contribution is 0.111. The van der Waals surface area contributed by atoms with Crippen molar-refractivity contribution in [1.29, 1.82) is 0 Å². The van der Waals surface area contributed by atoms with Gasteiger partial charge in [-0.15, -0.1) is 0 Å². The van der Waals surface area contributed by atoms with Crippen LogP contribution in [-0.2, 0) is 13.0 Å². The minimum atomic E-state index is 0.471. The first-order valence-corrected chi connectivity index (χ1v) is 5.42. The van der Waals surface area contributed by atoms with Crippen LogP contribution in [-0.4, -0.2) is 22.9 Å². The van der Waals surface area contributed by atoms with Gasteiger partial charge in [0.25, 0.3) is 0 Å². The maximum Gasteiger partial charge on any atom is 0.185 e. The van der Waals surface area contributed by atoms with Gasteiger partial charge in [-0.25, -0.2) is 4.98 Å².